The van der Waals surface area contributed by atoms with Crippen molar-refractivity contribution >= 4 is 28.3 Å². The number of anilines is 1. The molecule has 0 aliphatic carbocycles. The van der Waals surface area contributed by atoms with Crippen LogP contribution in [0.4, 0.5) is 5.13 Å². The van der Waals surface area contributed by atoms with Gasteiger partial charge >= 0.3 is 0 Å². The number of nitrogens with zero attached hydrogens (tertiary/aromatic N) is 3. The Hall–Kier alpha value is -3.17. The van der Waals surface area contributed by atoms with E-state index in [-0.39, 0.29) is 11.6 Å². The van der Waals surface area contributed by atoms with Gasteiger partial charge in [-0.25, -0.2) is 4.98 Å². The lowest BCUT2D eigenvalue weighted by molar-refractivity contribution is 0.0844. The number of hydrazine groups is 1. The van der Waals surface area contributed by atoms with Gasteiger partial charge in [-0.15, -0.1) is 11.3 Å². The Morgan fingerprint density at radius 3 is 2.50 bits per heavy atom. The summed E-state index contributed by atoms with van der Waals surface area (Å²) in [6, 6.07) is 11.6. The first-order chi connectivity index (χ1) is 14.5. The average Bonchev–Trinajstić information content (AvgIpc) is 3.38. The van der Waals surface area contributed by atoms with Crippen LogP contribution in [0.2, 0.25) is 0 Å². The molecule has 0 saturated carbocycles. The lowest BCUT2D eigenvalue weighted by Crippen LogP contribution is -2.42. The van der Waals surface area contributed by atoms with Crippen molar-refractivity contribution in [3.8, 4) is 5.69 Å². The van der Waals surface area contributed by atoms with Crippen LogP contribution < -0.4 is 15.8 Å². The van der Waals surface area contributed by atoms with E-state index in [1.54, 1.807) is 5.38 Å². The number of hydrogen-bond donors (Lipinski definition) is 2. The first kappa shape index (κ1) is 20.1. The molecule has 30 heavy (non-hydrogen) atoms. The highest BCUT2D eigenvalue weighted by Crippen LogP contribution is 2.22. The zero-order valence-corrected chi connectivity index (χ0v) is 17.7. The minimum atomic E-state index is -0.448. The van der Waals surface area contributed by atoms with E-state index in [0.717, 1.165) is 35.3 Å². The molecule has 1 aromatic carbocycles. The van der Waals surface area contributed by atoms with Crippen LogP contribution in [0.15, 0.2) is 41.8 Å². The third kappa shape index (κ3) is 4.07. The van der Waals surface area contributed by atoms with Crippen molar-refractivity contribution in [1.82, 2.24) is 20.4 Å². The smallest absolute Gasteiger partial charge is 0.289 e. The molecule has 2 N–H and O–H groups in total. The number of carbonyl (C=O) groups excluding carboxylic acids is 2. The van der Waals surface area contributed by atoms with Crippen molar-refractivity contribution in [2.45, 2.75) is 13.8 Å². The number of nitrogens with one attached hydrogen (secondary N) is 2. The monoisotopic (exact) mass is 425 g/mol. The van der Waals surface area contributed by atoms with Crippen LogP contribution >= 0.6 is 11.3 Å². The fourth-order valence-electron chi connectivity index (χ4n) is 3.48. The molecule has 156 valence electrons. The van der Waals surface area contributed by atoms with Crippen LogP contribution in [0, 0.1) is 13.8 Å². The third-order valence-electron chi connectivity index (χ3n) is 4.99. The zero-order chi connectivity index (χ0) is 21.1. The molecule has 9 heteroatoms. The molecule has 3 aromatic rings. The van der Waals surface area contributed by atoms with E-state index >= 15 is 0 Å². The maximum absolute atomic E-state index is 12.7. The number of benzene rings is 1. The fourth-order valence-corrected chi connectivity index (χ4v) is 4.34. The van der Waals surface area contributed by atoms with Crippen LogP contribution in [-0.2, 0) is 4.74 Å². The summed E-state index contributed by atoms with van der Waals surface area (Å²) in [6.45, 7) is 6.63. The molecule has 1 aliphatic rings. The Balaban J connectivity index is 1.41. The van der Waals surface area contributed by atoms with Gasteiger partial charge in [0, 0.05) is 35.5 Å². The number of amides is 2. The van der Waals surface area contributed by atoms with Crippen LogP contribution in [0.1, 0.15) is 32.2 Å². The number of hydrogen-bond acceptors (Lipinski definition) is 6. The van der Waals surface area contributed by atoms with Crippen LogP contribution in [0.25, 0.3) is 5.69 Å². The molecule has 0 bridgehead atoms. The summed E-state index contributed by atoms with van der Waals surface area (Å²) in [6.07, 6.45) is 0. The van der Waals surface area contributed by atoms with Gasteiger partial charge in [-0.05, 0) is 32.0 Å². The molecule has 8 nitrogen and oxygen atoms in total. The lowest BCUT2D eigenvalue weighted by Gasteiger charge is -2.25. The second-order valence-electron chi connectivity index (χ2n) is 6.98. The van der Waals surface area contributed by atoms with Gasteiger partial charge in [0.1, 0.15) is 5.69 Å². The van der Waals surface area contributed by atoms with Crippen molar-refractivity contribution in [3.05, 3.63) is 64.4 Å². The second-order valence-corrected chi connectivity index (χ2v) is 7.82. The van der Waals surface area contributed by atoms with Gasteiger partial charge in [-0.3, -0.25) is 20.4 Å². The maximum atomic E-state index is 12.7. The maximum Gasteiger partial charge on any atom is 0.289 e. The van der Waals surface area contributed by atoms with Gasteiger partial charge in [-0.2, -0.15) is 0 Å². The fraction of sp³-hybridized carbons (Fsp3) is 0.286. The van der Waals surface area contributed by atoms with E-state index in [0.29, 0.717) is 18.8 Å². The summed E-state index contributed by atoms with van der Waals surface area (Å²) in [5, 5.41) is 2.47. The molecule has 1 aliphatic heterocycles. The predicted molar refractivity (Wildman–Crippen MR) is 115 cm³/mol. The lowest BCUT2D eigenvalue weighted by atomic mass is 10.2. The number of thiazole rings is 1. The summed E-state index contributed by atoms with van der Waals surface area (Å²) in [5.74, 6) is -0.821. The van der Waals surface area contributed by atoms with Crippen molar-refractivity contribution in [2.75, 3.05) is 31.2 Å². The molecule has 0 unspecified atom stereocenters. The van der Waals surface area contributed by atoms with E-state index in [1.165, 1.54) is 11.3 Å². The Labute approximate surface area is 178 Å². The van der Waals surface area contributed by atoms with Crippen LogP contribution in [-0.4, -0.2) is 47.7 Å². The molecule has 0 radical (unpaired) electrons. The summed E-state index contributed by atoms with van der Waals surface area (Å²) in [4.78, 5) is 31.6. The van der Waals surface area contributed by atoms with E-state index in [1.807, 2.05) is 54.8 Å². The van der Waals surface area contributed by atoms with E-state index < -0.39 is 5.91 Å². The Morgan fingerprint density at radius 2 is 1.77 bits per heavy atom. The summed E-state index contributed by atoms with van der Waals surface area (Å²) in [7, 11) is 0. The topological polar surface area (TPSA) is 88.5 Å². The molecule has 1 saturated heterocycles. The summed E-state index contributed by atoms with van der Waals surface area (Å²) < 4.78 is 7.34. The molecular formula is C21H23N5O3S. The van der Waals surface area contributed by atoms with Crippen LogP contribution in [0.5, 0.6) is 0 Å². The van der Waals surface area contributed by atoms with Gasteiger partial charge < -0.3 is 14.2 Å². The number of para-hydroxylation sites is 1. The Kier molecular flexibility index (Phi) is 5.82. The normalized spacial score (nSPS) is 13.9. The highest BCUT2D eigenvalue weighted by atomic mass is 32.1. The molecule has 0 atom stereocenters. The molecule has 3 heterocycles. The van der Waals surface area contributed by atoms with Crippen molar-refractivity contribution in [2.24, 2.45) is 0 Å². The van der Waals surface area contributed by atoms with Gasteiger partial charge in [0.05, 0.1) is 18.8 Å². The van der Waals surface area contributed by atoms with E-state index in [4.69, 9.17) is 4.74 Å². The van der Waals surface area contributed by atoms with Gasteiger partial charge in [-0.1, -0.05) is 18.2 Å². The number of morpholine rings is 1. The standard InChI is InChI=1S/C21H23N5O3S/c1-14-12-17(15(2)26(14)16-6-4-3-5-7-16)19(27)23-24-20(28)18-13-30-21(22-18)25-8-10-29-11-9-25/h3-7,12-13H,8-11H2,1-2H3,(H,23,27)(H,24,28). The predicted octanol–water partition coefficient (Wildman–Crippen LogP) is 2.46. The van der Waals surface area contributed by atoms with E-state index in [9.17, 15) is 9.59 Å². The van der Waals surface area contributed by atoms with Gasteiger partial charge in [0.25, 0.3) is 11.8 Å². The van der Waals surface area contributed by atoms with Gasteiger partial charge in [0.15, 0.2) is 5.13 Å². The molecular weight excluding hydrogens is 402 g/mol. The third-order valence-corrected chi connectivity index (χ3v) is 5.89. The first-order valence-corrected chi connectivity index (χ1v) is 10.6. The minimum Gasteiger partial charge on any atom is -0.378 e. The number of aryl methyl sites for hydroxylation is 1. The van der Waals surface area contributed by atoms with Crippen molar-refractivity contribution in [3.63, 3.8) is 0 Å². The first-order valence-electron chi connectivity index (χ1n) is 9.68. The average molecular weight is 426 g/mol. The highest BCUT2D eigenvalue weighted by molar-refractivity contribution is 7.13. The minimum absolute atomic E-state index is 0.275. The molecule has 2 amide bonds. The Bertz CT molecular complexity index is 1050. The number of aromatic nitrogens is 2. The number of ether oxygens (including phenoxy) is 1. The number of rotatable bonds is 4. The van der Waals surface area contributed by atoms with Gasteiger partial charge in [0.2, 0.25) is 0 Å². The molecule has 0 spiro atoms. The largest absolute Gasteiger partial charge is 0.378 e. The zero-order valence-electron chi connectivity index (χ0n) is 16.8. The highest BCUT2D eigenvalue weighted by Gasteiger charge is 2.20. The molecule has 2 aromatic heterocycles. The summed E-state index contributed by atoms with van der Waals surface area (Å²) in [5.41, 5.74) is 8.45. The second kappa shape index (κ2) is 8.68. The molecule has 4 rings (SSSR count). The SMILES string of the molecule is Cc1cc(C(=O)NNC(=O)c2csc(N3CCOCC3)n2)c(C)n1-c1ccccc1. The van der Waals surface area contributed by atoms with Crippen LogP contribution in [0.3, 0.4) is 0 Å². The van der Waals surface area contributed by atoms with E-state index in [2.05, 4.69) is 20.7 Å². The molecule has 1 fully saturated rings. The van der Waals surface area contributed by atoms with Crippen molar-refractivity contribution in [1.29, 1.82) is 0 Å². The quantitative estimate of drug-likeness (QED) is 0.627. The Morgan fingerprint density at radius 1 is 1.07 bits per heavy atom. The number of carbonyl (C=O) groups is 2. The summed E-state index contributed by atoms with van der Waals surface area (Å²) >= 11 is 1.40. The van der Waals surface area contributed by atoms with Crippen molar-refractivity contribution < 1.29 is 14.3 Å².